The molecule has 0 heterocycles. The van der Waals surface area contributed by atoms with E-state index in [2.05, 4.69) is 39.8 Å². The zero-order chi connectivity index (χ0) is 10.5. The number of nitrogens with one attached hydrogen (secondary N) is 1. The lowest BCUT2D eigenvalue weighted by molar-refractivity contribution is 0.372. The third-order valence-corrected chi connectivity index (χ3v) is 3.69. The van der Waals surface area contributed by atoms with E-state index >= 15 is 0 Å². The summed E-state index contributed by atoms with van der Waals surface area (Å²) in [5.41, 5.74) is 1.36. The summed E-state index contributed by atoms with van der Waals surface area (Å²) in [7, 11) is 3.63. The molecule has 1 aromatic carbocycles. The molecule has 0 aromatic heterocycles. The second-order valence-corrected chi connectivity index (χ2v) is 4.91. The van der Waals surface area contributed by atoms with Gasteiger partial charge in [0.2, 0.25) is 0 Å². The average molecular weight is 216 g/mol. The molecule has 0 aliphatic heterocycles. The first-order chi connectivity index (χ1) is 7.36. The van der Waals surface area contributed by atoms with Crippen LogP contribution < -0.4 is 10.5 Å². The van der Waals surface area contributed by atoms with Gasteiger partial charge in [-0.15, -0.1) is 0 Å². The van der Waals surface area contributed by atoms with Crippen molar-refractivity contribution in [2.24, 2.45) is 0 Å². The fraction of sp³-hybridized carbons (Fsp3) is 0.538. The van der Waals surface area contributed by atoms with Gasteiger partial charge in [-0.25, -0.2) is 0 Å². The van der Waals surface area contributed by atoms with Crippen molar-refractivity contribution in [1.29, 1.82) is 0 Å². The smallest absolute Gasteiger partial charge is 0.0716 e. The first-order valence-electron chi connectivity index (χ1n) is 5.89. The van der Waals surface area contributed by atoms with E-state index in [1.54, 1.807) is 0 Å². The normalized spacial score (nSPS) is 17.9. The molecule has 1 aliphatic carbocycles. The highest BCUT2D eigenvalue weighted by atomic mass is 28.1. The molecule has 0 spiro atoms. The van der Waals surface area contributed by atoms with Gasteiger partial charge in [0, 0.05) is 12.6 Å². The van der Waals surface area contributed by atoms with Crippen LogP contribution in [0.4, 0.5) is 0 Å². The molecule has 0 bridgehead atoms. The molecule has 79 valence electrons. The van der Waals surface area contributed by atoms with E-state index in [0.717, 1.165) is 12.6 Å². The summed E-state index contributed by atoms with van der Waals surface area (Å²) in [5, 5.41) is 4.86. The summed E-state index contributed by atoms with van der Waals surface area (Å²) < 4.78 is 0. The third kappa shape index (κ3) is 3.18. The summed E-state index contributed by atoms with van der Waals surface area (Å²) in [6.45, 7) is 0.990. The second-order valence-electron chi connectivity index (χ2n) is 4.37. The van der Waals surface area contributed by atoms with E-state index in [1.807, 2.05) is 0 Å². The van der Waals surface area contributed by atoms with Crippen molar-refractivity contribution in [3.63, 3.8) is 0 Å². The van der Waals surface area contributed by atoms with Crippen molar-refractivity contribution in [2.75, 3.05) is 0 Å². The highest BCUT2D eigenvalue weighted by Gasteiger charge is 2.12. The molecule has 2 rings (SSSR count). The van der Waals surface area contributed by atoms with Crippen LogP contribution in [-0.4, -0.2) is 16.3 Å². The van der Waals surface area contributed by atoms with Gasteiger partial charge in [0.15, 0.2) is 0 Å². The number of rotatable bonds is 3. The van der Waals surface area contributed by atoms with E-state index in [-0.39, 0.29) is 0 Å². The number of hydrogen-bond acceptors (Lipinski definition) is 1. The van der Waals surface area contributed by atoms with Gasteiger partial charge in [0.05, 0.1) is 10.2 Å². The minimum atomic E-state index is 0.741. The topological polar surface area (TPSA) is 12.0 Å². The van der Waals surface area contributed by atoms with Crippen molar-refractivity contribution in [1.82, 2.24) is 5.32 Å². The molecule has 1 saturated carbocycles. The van der Waals surface area contributed by atoms with Gasteiger partial charge < -0.3 is 5.32 Å². The standard InChI is InChI=1S/C13H18NSi/c15-13-9-5-4-6-11(13)10-14-12-7-2-1-3-8-12/h4-6,9,12,14H,1-3,7-8,10H2. The van der Waals surface area contributed by atoms with Gasteiger partial charge in [0.25, 0.3) is 0 Å². The van der Waals surface area contributed by atoms with E-state index in [0.29, 0.717) is 0 Å². The molecule has 0 saturated heterocycles. The Morgan fingerprint density at radius 3 is 2.60 bits per heavy atom. The van der Waals surface area contributed by atoms with Gasteiger partial charge in [-0.1, -0.05) is 48.7 Å². The molecule has 1 fully saturated rings. The van der Waals surface area contributed by atoms with Crippen LogP contribution in [-0.2, 0) is 6.54 Å². The molecule has 2 heteroatoms. The average Bonchev–Trinajstić information content (AvgIpc) is 2.29. The predicted octanol–water partition coefficient (Wildman–Crippen LogP) is 1.90. The molecule has 1 aliphatic rings. The Kier molecular flexibility index (Phi) is 3.98. The van der Waals surface area contributed by atoms with E-state index < -0.39 is 0 Å². The van der Waals surface area contributed by atoms with Gasteiger partial charge in [-0.05, 0) is 18.4 Å². The summed E-state index contributed by atoms with van der Waals surface area (Å²) in [6, 6.07) is 9.19. The third-order valence-electron chi connectivity index (χ3n) is 3.20. The fourth-order valence-electron chi connectivity index (χ4n) is 2.24. The van der Waals surface area contributed by atoms with Gasteiger partial charge in [0.1, 0.15) is 0 Å². The highest BCUT2D eigenvalue weighted by Crippen LogP contribution is 2.17. The zero-order valence-corrected chi connectivity index (χ0v) is 10.1. The maximum Gasteiger partial charge on any atom is 0.0716 e. The SMILES string of the molecule is [Si]c1ccccc1CNC1CCCCC1. The Labute approximate surface area is 95.7 Å². The van der Waals surface area contributed by atoms with Crippen molar-refractivity contribution >= 4 is 15.4 Å². The first-order valence-corrected chi connectivity index (χ1v) is 6.39. The van der Waals surface area contributed by atoms with Crippen molar-refractivity contribution < 1.29 is 0 Å². The van der Waals surface area contributed by atoms with Crippen LogP contribution in [0, 0.1) is 0 Å². The van der Waals surface area contributed by atoms with E-state index in [9.17, 15) is 0 Å². The molecule has 0 unspecified atom stereocenters. The largest absolute Gasteiger partial charge is 0.310 e. The van der Waals surface area contributed by atoms with Crippen LogP contribution in [0.25, 0.3) is 0 Å². The lowest BCUT2D eigenvalue weighted by Gasteiger charge is -2.23. The fourth-order valence-corrected chi connectivity index (χ4v) is 2.50. The maximum absolute atomic E-state index is 3.65. The molecule has 0 atom stereocenters. The number of benzene rings is 1. The quantitative estimate of drug-likeness (QED) is 0.761. The lowest BCUT2D eigenvalue weighted by atomic mass is 9.95. The van der Waals surface area contributed by atoms with Crippen LogP contribution in [0.15, 0.2) is 24.3 Å². The Hall–Kier alpha value is -0.603. The predicted molar refractivity (Wildman–Crippen MR) is 65.5 cm³/mol. The minimum Gasteiger partial charge on any atom is -0.310 e. The molecular weight excluding hydrogens is 198 g/mol. The maximum atomic E-state index is 3.65. The van der Waals surface area contributed by atoms with Crippen molar-refractivity contribution in [3.8, 4) is 0 Å². The highest BCUT2D eigenvalue weighted by molar-refractivity contribution is 6.33. The van der Waals surface area contributed by atoms with Crippen LogP contribution in [0.2, 0.25) is 0 Å². The lowest BCUT2D eigenvalue weighted by Crippen LogP contribution is -2.32. The molecule has 0 amide bonds. The summed E-state index contributed by atoms with van der Waals surface area (Å²) in [6.07, 6.45) is 6.92. The van der Waals surface area contributed by atoms with Gasteiger partial charge in [-0.2, -0.15) is 0 Å². The zero-order valence-electron chi connectivity index (χ0n) is 9.13. The first kappa shape index (κ1) is 10.9. The van der Waals surface area contributed by atoms with Crippen molar-refractivity contribution in [3.05, 3.63) is 29.8 Å². The molecule has 15 heavy (non-hydrogen) atoms. The molecule has 3 radical (unpaired) electrons. The van der Waals surface area contributed by atoms with Crippen LogP contribution in [0.5, 0.6) is 0 Å². The van der Waals surface area contributed by atoms with E-state index in [4.69, 9.17) is 0 Å². The summed E-state index contributed by atoms with van der Waals surface area (Å²) >= 11 is 0. The Bertz CT molecular complexity index is 305. The van der Waals surface area contributed by atoms with Gasteiger partial charge >= 0.3 is 0 Å². The monoisotopic (exact) mass is 216 g/mol. The molecular formula is C13H18NSi. The Morgan fingerprint density at radius 2 is 1.87 bits per heavy atom. The minimum absolute atomic E-state index is 0.741. The molecule has 1 N–H and O–H groups in total. The van der Waals surface area contributed by atoms with Gasteiger partial charge in [-0.3, -0.25) is 0 Å². The second kappa shape index (κ2) is 5.47. The number of hydrogen-bond donors (Lipinski definition) is 1. The molecule has 1 aromatic rings. The van der Waals surface area contributed by atoms with E-state index in [1.165, 1.54) is 42.9 Å². The van der Waals surface area contributed by atoms with Crippen molar-refractivity contribution in [2.45, 2.75) is 44.7 Å². The Balaban J connectivity index is 1.84. The van der Waals surface area contributed by atoms with Crippen LogP contribution in [0.1, 0.15) is 37.7 Å². The Morgan fingerprint density at radius 1 is 1.13 bits per heavy atom. The summed E-state index contributed by atoms with van der Waals surface area (Å²) in [4.78, 5) is 0. The summed E-state index contributed by atoms with van der Waals surface area (Å²) in [5.74, 6) is 0. The van der Waals surface area contributed by atoms with Crippen LogP contribution in [0.3, 0.4) is 0 Å². The van der Waals surface area contributed by atoms with Crippen LogP contribution >= 0.6 is 0 Å². The molecule has 1 nitrogen and oxygen atoms in total.